The van der Waals surface area contributed by atoms with Crippen molar-refractivity contribution in [2.45, 2.75) is 58.4 Å². The van der Waals surface area contributed by atoms with Gasteiger partial charge >= 0.3 is 23.9 Å². The molecule has 1 aliphatic rings. The third-order valence-electron chi connectivity index (χ3n) is 4.35. The molecular weight excluding hydrogens is 452 g/mol. The summed E-state index contributed by atoms with van der Waals surface area (Å²) in [7, 11) is 0. The summed E-state index contributed by atoms with van der Waals surface area (Å²) in [6, 6.07) is 6.30. The molecule has 1 aliphatic heterocycles. The molecule has 1 saturated heterocycles. The number of hydrogen-bond acceptors (Lipinski definition) is 11. The molecule has 34 heavy (non-hydrogen) atoms. The standard InChI is InChI=1S/C23H26O11/c1-6-11-28-17-7-9-18(10-8-17)33-23-22(32-16(5)27)21(31-15(4)26)20(30-14(3)25)19(34-23)12-29-13(2)24/h1,7-10,19-23H,11-12H2,2-5H3/t19-,20-,21+,22-,23-/m1/s1. The first-order valence-corrected chi connectivity index (χ1v) is 10.2. The van der Waals surface area contributed by atoms with Gasteiger partial charge in [-0.3, -0.25) is 19.2 Å². The Kier molecular flexibility index (Phi) is 9.70. The topological polar surface area (TPSA) is 133 Å². The molecule has 2 rings (SSSR count). The van der Waals surface area contributed by atoms with Gasteiger partial charge in [0.05, 0.1) is 0 Å². The quantitative estimate of drug-likeness (QED) is 0.288. The van der Waals surface area contributed by atoms with E-state index < -0.39 is 54.6 Å². The Labute approximate surface area is 196 Å². The largest absolute Gasteiger partial charge is 0.481 e. The first-order chi connectivity index (χ1) is 16.1. The molecule has 1 heterocycles. The molecule has 0 aliphatic carbocycles. The maximum atomic E-state index is 11.8. The van der Waals surface area contributed by atoms with Crippen molar-refractivity contribution in [3.05, 3.63) is 24.3 Å². The Morgan fingerprint density at radius 3 is 1.88 bits per heavy atom. The van der Waals surface area contributed by atoms with Gasteiger partial charge in [-0.05, 0) is 24.3 Å². The highest BCUT2D eigenvalue weighted by molar-refractivity contribution is 5.68. The summed E-state index contributed by atoms with van der Waals surface area (Å²) >= 11 is 0. The Bertz CT molecular complexity index is 918. The molecule has 184 valence electrons. The number of carbonyl (C=O) groups excluding carboxylic acids is 4. The second-order valence-electron chi connectivity index (χ2n) is 7.15. The Hall–Kier alpha value is -3.78. The summed E-state index contributed by atoms with van der Waals surface area (Å²) in [4.78, 5) is 46.8. The van der Waals surface area contributed by atoms with Crippen LogP contribution in [0.15, 0.2) is 24.3 Å². The fourth-order valence-electron chi connectivity index (χ4n) is 3.16. The summed E-state index contributed by atoms with van der Waals surface area (Å²) in [6.45, 7) is 4.34. The highest BCUT2D eigenvalue weighted by Crippen LogP contribution is 2.31. The van der Waals surface area contributed by atoms with Crippen molar-refractivity contribution < 1.29 is 52.3 Å². The van der Waals surface area contributed by atoms with Crippen molar-refractivity contribution >= 4 is 23.9 Å². The average molecular weight is 478 g/mol. The van der Waals surface area contributed by atoms with Crippen LogP contribution in [0.3, 0.4) is 0 Å². The van der Waals surface area contributed by atoms with Crippen molar-refractivity contribution in [2.75, 3.05) is 13.2 Å². The Morgan fingerprint density at radius 2 is 1.35 bits per heavy atom. The molecule has 1 aromatic carbocycles. The molecule has 0 saturated carbocycles. The van der Waals surface area contributed by atoms with Crippen LogP contribution in [-0.4, -0.2) is 67.8 Å². The van der Waals surface area contributed by atoms with E-state index in [2.05, 4.69) is 5.92 Å². The van der Waals surface area contributed by atoms with Crippen LogP contribution < -0.4 is 9.47 Å². The third kappa shape index (κ3) is 7.97. The highest BCUT2D eigenvalue weighted by atomic mass is 16.7. The van der Waals surface area contributed by atoms with Crippen molar-refractivity contribution in [1.82, 2.24) is 0 Å². The first-order valence-electron chi connectivity index (χ1n) is 10.2. The lowest BCUT2D eigenvalue weighted by atomic mass is 9.98. The van der Waals surface area contributed by atoms with Gasteiger partial charge in [0, 0.05) is 27.7 Å². The second kappa shape index (κ2) is 12.5. The van der Waals surface area contributed by atoms with Crippen molar-refractivity contribution in [2.24, 2.45) is 0 Å². The lowest BCUT2D eigenvalue weighted by Gasteiger charge is -2.43. The van der Waals surface area contributed by atoms with Crippen LogP contribution in [0.2, 0.25) is 0 Å². The van der Waals surface area contributed by atoms with E-state index in [0.29, 0.717) is 5.75 Å². The van der Waals surface area contributed by atoms with Crippen LogP contribution >= 0.6 is 0 Å². The number of hydrogen-bond donors (Lipinski definition) is 0. The van der Waals surface area contributed by atoms with E-state index in [1.807, 2.05) is 0 Å². The second-order valence-corrected chi connectivity index (χ2v) is 7.15. The zero-order valence-electron chi connectivity index (χ0n) is 19.2. The van der Waals surface area contributed by atoms with E-state index in [4.69, 9.17) is 39.6 Å². The number of esters is 4. The van der Waals surface area contributed by atoms with Gasteiger partial charge in [0.15, 0.2) is 12.2 Å². The number of terminal acetylenes is 1. The third-order valence-corrected chi connectivity index (χ3v) is 4.35. The number of benzene rings is 1. The molecule has 0 unspecified atom stereocenters. The van der Waals surface area contributed by atoms with Gasteiger partial charge in [-0.25, -0.2) is 0 Å². The monoisotopic (exact) mass is 478 g/mol. The van der Waals surface area contributed by atoms with Crippen LogP contribution in [0.5, 0.6) is 11.5 Å². The van der Waals surface area contributed by atoms with Crippen LogP contribution in [0.1, 0.15) is 27.7 Å². The van der Waals surface area contributed by atoms with Gasteiger partial charge in [-0.1, -0.05) is 5.92 Å². The van der Waals surface area contributed by atoms with E-state index in [-0.39, 0.29) is 19.0 Å². The smallest absolute Gasteiger partial charge is 0.303 e. The molecule has 0 aromatic heterocycles. The maximum Gasteiger partial charge on any atom is 0.303 e. The van der Waals surface area contributed by atoms with Gasteiger partial charge in [0.25, 0.3) is 0 Å². The van der Waals surface area contributed by atoms with E-state index in [9.17, 15) is 19.2 Å². The predicted octanol–water partition coefficient (Wildman–Crippen LogP) is 1.16. The predicted molar refractivity (Wildman–Crippen MR) is 113 cm³/mol. The van der Waals surface area contributed by atoms with Gasteiger partial charge in [-0.2, -0.15) is 0 Å². The maximum absolute atomic E-state index is 11.8. The Balaban J connectivity index is 2.38. The fourth-order valence-corrected chi connectivity index (χ4v) is 3.16. The van der Waals surface area contributed by atoms with Gasteiger partial charge in [0.2, 0.25) is 12.4 Å². The van der Waals surface area contributed by atoms with Gasteiger partial charge < -0.3 is 33.2 Å². The van der Waals surface area contributed by atoms with Gasteiger partial charge in [-0.15, -0.1) is 6.42 Å². The van der Waals surface area contributed by atoms with E-state index in [1.54, 1.807) is 24.3 Å². The molecule has 1 fully saturated rings. The van der Waals surface area contributed by atoms with Gasteiger partial charge in [0.1, 0.15) is 30.8 Å². The van der Waals surface area contributed by atoms with E-state index >= 15 is 0 Å². The van der Waals surface area contributed by atoms with E-state index in [0.717, 1.165) is 20.8 Å². The number of ether oxygens (including phenoxy) is 7. The minimum Gasteiger partial charge on any atom is -0.481 e. The average Bonchev–Trinajstić information content (AvgIpc) is 2.75. The van der Waals surface area contributed by atoms with Crippen LogP contribution in [-0.2, 0) is 42.9 Å². The van der Waals surface area contributed by atoms with Crippen LogP contribution in [0.25, 0.3) is 0 Å². The molecule has 11 nitrogen and oxygen atoms in total. The summed E-state index contributed by atoms with van der Waals surface area (Å²) < 4.78 is 38.1. The summed E-state index contributed by atoms with van der Waals surface area (Å²) in [5.41, 5.74) is 0. The molecule has 0 radical (unpaired) electrons. The summed E-state index contributed by atoms with van der Waals surface area (Å²) in [6.07, 6.45) is -1.15. The highest BCUT2D eigenvalue weighted by Gasteiger charge is 2.53. The first kappa shape index (κ1) is 26.5. The Morgan fingerprint density at radius 1 is 0.824 bits per heavy atom. The van der Waals surface area contributed by atoms with Crippen LogP contribution in [0, 0.1) is 12.3 Å². The fraction of sp³-hybridized carbons (Fsp3) is 0.478. The number of carbonyl (C=O) groups is 4. The molecule has 11 heteroatoms. The molecule has 0 N–H and O–H groups in total. The molecular formula is C23H26O11. The van der Waals surface area contributed by atoms with E-state index in [1.165, 1.54) is 6.92 Å². The van der Waals surface area contributed by atoms with Crippen LogP contribution in [0.4, 0.5) is 0 Å². The summed E-state index contributed by atoms with van der Waals surface area (Å²) in [5.74, 6) is 0.332. The SMILES string of the molecule is C#CCOc1ccc(O[C@@H]2O[C@H](COC(C)=O)[C@@H](OC(C)=O)[C@H](OC(C)=O)[C@H]2OC(C)=O)cc1. The van der Waals surface area contributed by atoms with Crippen molar-refractivity contribution in [1.29, 1.82) is 0 Å². The zero-order valence-corrected chi connectivity index (χ0v) is 19.2. The molecule has 1 aromatic rings. The number of rotatable bonds is 9. The zero-order chi connectivity index (χ0) is 25.3. The lowest BCUT2D eigenvalue weighted by molar-refractivity contribution is -0.288. The molecule has 0 bridgehead atoms. The minimum atomic E-state index is -1.32. The van der Waals surface area contributed by atoms with Crippen molar-refractivity contribution in [3.63, 3.8) is 0 Å². The molecule has 0 amide bonds. The lowest BCUT2D eigenvalue weighted by Crippen LogP contribution is -2.63. The molecule has 5 atom stereocenters. The van der Waals surface area contributed by atoms with Crippen molar-refractivity contribution in [3.8, 4) is 23.8 Å². The minimum absolute atomic E-state index is 0.0832. The molecule has 0 spiro atoms. The normalized spacial score (nSPS) is 23.6. The summed E-state index contributed by atoms with van der Waals surface area (Å²) in [5, 5.41) is 0.